The minimum Gasteiger partial charge on any atom is -0.352 e. The summed E-state index contributed by atoms with van der Waals surface area (Å²) in [5.41, 5.74) is 0. The molecule has 19 heavy (non-hydrogen) atoms. The van der Waals surface area contributed by atoms with E-state index in [0.29, 0.717) is 12.6 Å². The summed E-state index contributed by atoms with van der Waals surface area (Å²) in [6.45, 7) is 5.05. The molecule has 3 nitrogen and oxygen atoms in total. The highest BCUT2D eigenvalue weighted by atomic mass is 16.2. The van der Waals surface area contributed by atoms with Crippen LogP contribution in [0.1, 0.15) is 51.9 Å². The first-order chi connectivity index (χ1) is 9.22. The van der Waals surface area contributed by atoms with E-state index in [2.05, 4.69) is 17.1 Å². The number of amides is 1. The summed E-state index contributed by atoms with van der Waals surface area (Å²) >= 11 is 0. The summed E-state index contributed by atoms with van der Waals surface area (Å²) < 4.78 is 0. The van der Waals surface area contributed by atoms with E-state index in [9.17, 15) is 4.79 Å². The van der Waals surface area contributed by atoms with E-state index < -0.39 is 0 Å². The van der Waals surface area contributed by atoms with Gasteiger partial charge in [-0.2, -0.15) is 0 Å². The van der Waals surface area contributed by atoms with Crippen LogP contribution in [0, 0.1) is 17.8 Å². The summed E-state index contributed by atoms with van der Waals surface area (Å²) in [6, 6.07) is 0.382. The maximum absolute atomic E-state index is 12.1. The number of nitrogens with zero attached hydrogens (tertiary/aromatic N) is 1. The number of hydrogen-bond donors (Lipinski definition) is 1. The van der Waals surface area contributed by atoms with Crippen LogP contribution in [-0.2, 0) is 4.79 Å². The molecule has 1 aliphatic heterocycles. The summed E-state index contributed by atoms with van der Waals surface area (Å²) in [5, 5.41) is 3.27. The van der Waals surface area contributed by atoms with Crippen molar-refractivity contribution >= 4 is 5.91 Å². The Kier molecular flexibility index (Phi) is 4.11. The van der Waals surface area contributed by atoms with Crippen LogP contribution >= 0.6 is 0 Å². The Labute approximate surface area is 117 Å². The summed E-state index contributed by atoms with van der Waals surface area (Å²) in [4.78, 5) is 14.4. The highest BCUT2D eigenvalue weighted by Gasteiger charge is 2.42. The summed E-state index contributed by atoms with van der Waals surface area (Å²) in [5.74, 6) is 2.87. The molecular formula is C16H28N2O. The Bertz CT molecular complexity index is 325. The van der Waals surface area contributed by atoms with E-state index in [1.54, 1.807) is 0 Å². The maximum atomic E-state index is 12.1. The van der Waals surface area contributed by atoms with Crippen molar-refractivity contribution in [3.05, 3.63) is 0 Å². The Hall–Kier alpha value is -0.570. The molecule has 0 unspecified atom stereocenters. The molecule has 3 rings (SSSR count). The fourth-order valence-electron chi connectivity index (χ4n) is 4.63. The van der Waals surface area contributed by atoms with Gasteiger partial charge in [-0.05, 0) is 69.9 Å². The van der Waals surface area contributed by atoms with Gasteiger partial charge in [0, 0.05) is 6.04 Å². The maximum Gasteiger partial charge on any atom is 0.234 e. The number of carbonyl (C=O) groups is 1. The fraction of sp³-hybridized carbons (Fsp3) is 0.938. The lowest BCUT2D eigenvalue weighted by Crippen LogP contribution is -2.45. The van der Waals surface area contributed by atoms with Gasteiger partial charge in [-0.1, -0.05) is 12.8 Å². The zero-order valence-electron chi connectivity index (χ0n) is 12.2. The lowest BCUT2D eigenvalue weighted by Gasteiger charge is -2.30. The predicted molar refractivity (Wildman–Crippen MR) is 76.8 cm³/mol. The van der Waals surface area contributed by atoms with Gasteiger partial charge in [0.2, 0.25) is 5.91 Å². The second-order valence-electron chi connectivity index (χ2n) is 7.03. The Morgan fingerprint density at radius 1 is 1.21 bits per heavy atom. The molecule has 4 atom stereocenters. The van der Waals surface area contributed by atoms with Crippen LogP contribution in [0.4, 0.5) is 0 Å². The van der Waals surface area contributed by atoms with Gasteiger partial charge in [0.15, 0.2) is 0 Å². The molecule has 1 amide bonds. The molecule has 0 radical (unpaired) electrons. The highest BCUT2D eigenvalue weighted by Crippen LogP contribution is 2.49. The zero-order valence-corrected chi connectivity index (χ0v) is 12.2. The van der Waals surface area contributed by atoms with Crippen LogP contribution in [0.2, 0.25) is 0 Å². The molecule has 108 valence electrons. The third kappa shape index (κ3) is 3.13. The van der Waals surface area contributed by atoms with Crippen LogP contribution < -0.4 is 5.32 Å². The minimum atomic E-state index is 0.247. The van der Waals surface area contributed by atoms with Gasteiger partial charge in [-0.3, -0.25) is 9.69 Å². The molecule has 2 saturated carbocycles. The molecule has 3 heteroatoms. The van der Waals surface area contributed by atoms with Gasteiger partial charge >= 0.3 is 0 Å². The van der Waals surface area contributed by atoms with Crippen LogP contribution in [0.25, 0.3) is 0 Å². The predicted octanol–water partition coefficient (Wildman–Crippen LogP) is 2.41. The Balaban J connectivity index is 1.43. The average molecular weight is 264 g/mol. The second-order valence-corrected chi connectivity index (χ2v) is 7.03. The van der Waals surface area contributed by atoms with Crippen LogP contribution in [0.15, 0.2) is 0 Å². The minimum absolute atomic E-state index is 0.247. The smallest absolute Gasteiger partial charge is 0.234 e. The van der Waals surface area contributed by atoms with Crippen molar-refractivity contribution in [1.29, 1.82) is 0 Å². The summed E-state index contributed by atoms with van der Waals surface area (Å²) in [6.07, 6.45) is 9.48. The van der Waals surface area contributed by atoms with Crippen molar-refractivity contribution in [1.82, 2.24) is 10.2 Å². The van der Waals surface area contributed by atoms with E-state index >= 15 is 0 Å². The van der Waals surface area contributed by atoms with Crippen molar-refractivity contribution < 1.29 is 4.79 Å². The first-order valence-electron chi connectivity index (χ1n) is 8.24. The van der Waals surface area contributed by atoms with Gasteiger partial charge in [-0.15, -0.1) is 0 Å². The molecular weight excluding hydrogens is 236 g/mol. The number of rotatable bonds is 4. The number of nitrogens with one attached hydrogen (secondary N) is 1. The first-order valence-corrected chi connectivity index (χ1v) is 8.24. The van der Waals surface area contributed by atoms with Gasteiger partial charge in [0.25, 0.3) is 0 Å². The third-order valence-electron chi connectivity index (χ3n) is 5.64. The van der Waals surface area contributed by atoms with E-state index in [1.807, 2.05) is 0 Å². The normalized spacial score (nSPS) is 36.4. The number of carbonyl (C=O) groups excluding carboxylic acids is 1. The lowest BCUT2D eigenvalue weighted by atomic mass is 9.84. The van der Waals surface area contributed by atoms with Crippen LogP contribution in [0.3, 0.4) is 0 Å². The first kappa shape index (κ1) is 13.4. The van der Waals surface area contributed by atoms with Crippen LogP contribution in [0.5, 0.6) is 0 Å². The topological polar surface area (TPSA) is 32.3 Å². The standard InChI is InChI=1S/C16H28N2O/c1-12(15-10-13-5-6-14(15)9-13)17-16(19)11-18-7-3-2-4-8-18/h12-15H,2-11H2,1H3,(H,17,19)/t12-,13-,14-,15+/m0/s1. The van der Waals surface area contributed by atoms with Crippen molar-refractivity contribution in [2.24, 2.45) is 17.8 Å². The van der Waals surface area contributed by atoms with Gasteiger partial charge in [0.05, 0.1) is 6.54 Å². The monoisotopic (exact) mass is 264 g/mol. The lowest BCUT2D eigenvalue weighted by molar-refractivity contribution is -0.123. The van der Waals surface area contributed by atoms with Crippen molar-refractivity contribution in [2.75, 3.05) is 19.6 Å². The van der Waals surface area contributed by atoms with Crippen LogP contribution in [-0.4, -0.2) is 36.5 Å². The molecule has 3 fully saturated rings. The van der Waals surface area contributed by atoms with Crippen molar-refractivity contribution in [2.45, 2.75) is 57.9 Å². The second kappa shape index (κ2) is 5.82. The van der Waals surface area contributed by atoms with Gasteiger partial charge < -0.3 is 5.32 Å². The average Bonchev–Trinajstić information content (AvgIpc) is 3.02. The SMILES string of the molecule is C[C@H](NC(=O)CN1CCCCC1)[C@H]1C[C@H]2CC[C@H]1C2. The largest absolute Gasteiger partial charge is 0.352 e. The Morgan fingerprint density at radius 3 is 2.63 bits per heavy atom. The van der Waals surface area contributed by atoms with Crippen molar-refractivity contribution in [3.63, 3.8) is 0 Å². The van der Waals surface area contributed by atoms with E-state index in [1.165, 1.54) is 44.9 Å². The third-order valence-corrected chi connectivity index (χ3v) is 5.64. The molecule has 0 spiro atoms. The molecule has 1 N–H and O–H groups in total. The van der Waals surface area contributed by atoms with E-state index in [0.717, 1.165) is 30.8 Å². The number of likely N-dealkylation sites (tertiary alicyclic amines) is 1. The fourth-order valence-corrected chi connectivity index (χ4v) is 4.63. The van der Waals surface area contributed by atoms with Gasteiger partial charge in [-0.25, -0.2) is 0 Å². The van der Waals surface area contributed by atoms with Gasteiger partial charge in [0.1, 0.15) is 0 Å². The molecule has 3 aliphatic rings. The quantitative estimate of drug-likeness (QED) is 0.845. The summed E-state index contributed by atoms with van der Waals surface area (Å²) in [7, 11) is 0. The number of piperidine rings is 1. The molecule has 0 aromatic rings. The highest BCUT2D eigenvalue weighted by molar-refractivity contribution is 5.78. The van der Waals surface area contributed by atoms with Crippen molar-refractivity contribution in [3.8, 4) is 0 Å². The molecule has 1 heterocycles. The number of fused-ring (bicyclic) bond motifs is 2. The molecule has 0 aromatic carbocycles. The molecule has 2 aliphatic carbocycles. The zero-order chi connectivity index (χ0) is 13.2. The molecule has 0 aromatic heterocycles. The molecule has 1 saturated heterocycles. The van der Waals surface area contributed by atoms with E-state index in [-0.39, 0.29) is 5.91 Å². The Morgan fingerprint density at radius 2 is 2.00 bits per heavy atom. The van der Waals surface area contributed by atoms with E-state index in [4.69, 9.17) is 0 Å². The number of hydrogen-bond acceptors (Lipinski definition) is 2. The molecule has 2 bridgehead atoms.